The number of aliphatic hydroxyl groups excluding tert-OH is 1. The van der Waals surface area contributed by atoms with Gasteiger partial charge in [-0.3, -0.25) is 0 Å². The Bertz CT molecular complexity index is 483. The molecule has 24 heavy (non-hydrogen) atoms. The van der Waals surface area contributed by atoms with Crippen molar-refractivity contribution in [2.45, 2.75) is 58.7 Å². The summed E-state index contributed by atoms with van der Waals surface area (Å²) < 4.78 is 5.07. The van der Waals surface area contributed by atoms with Gasteiger partial charge in [0.1, 0.15) is 0 Å². The zero-order chi connectivity index (χ0) is 18.2. The number of hydrogen-bond donors (Lipinski definition) is 3. The molecule has 3 N–H and O–H groups in total. The zero-order valence-electron chi connectivity index (χ0n) is 15.5. The molecular weight excluding hydrogens is 304 g/mol. The average molecular weight is 336 g/mol. The van der Waals surface area contributed by atoms with Crippen LogP contribution in [-0.4, -0.2) is 42.0 Å². The van der Waals surface area contributed by atoms with E-state index in [2.05, 4.69) is 31.4 Å². The highest BCUT2D eigenvalue weighted by atomic mass is 16.5. The van der Waals surface area contributed by atoms with Crippen LogP contribution in [-0.2, 0) is 11.2 Å². The highest BCUT2D eigenvalue weighted by Gasteiger charge is 2.25. The van der Waals surface area contributed by atoms with Gasteiger partial charge in [-0.2, -0.15) is 0 Å². The molecule has 2 unspecified atom stereocenters. The van der Waals surface area contributed by atoms with Crippen LogP contribution in [0, 0.1) is 5.92 Å². The van der Waals surface area contributed by atoms with Gasteiger partial charge in [0.25, 0.3) is 0 Å². The topological polar surface area (TPSA) is 70.6 Å². The van der Waals surface area contributed by atoms with E-state index in [-0.39, 0.29) is 24.0 Å². The third kappa shape index (κ3) is 8.89. The van der Waals surface area contributed by atoms with E-state index in [1.54, 1.807) is 0 Å². The Morgan fingerprint density at radius 2 is 1.83 bits per heavy atom. The average Bonchev–Trinajstić information content (AvgIpc) is 2.49. The van der Waals surface area contributed by atoms with Crippen LogP contribution in [0.25, 0.3) is 0 Å². The number of nitrogens with one attached hydrogen (secondary N) is 2. The lowest BCUT2D eigenvalue weighted by Gasteiger charge is -2.32. The van der Waals surface area contributed by atoms with Crippen molar-refractivity contribution in [3.63, 3.8) is 0 Å². The number of aliphatic hydroxyl groups is 1. The summed E-state index contributed by atoms with van der Waals surface area (Å²) in [6, 6.07) is 9.84. The maximum atomic E-state index is 11.7. The van der Waals surface area contributed by atoms with E-state index in [1.807, 2.05) is 44.2 Å². The Kier molecular flexibility index (Phi) is 8.22. The highest BCUT2D eigenvalue weighted by molar-refractivity contribution is 5.67. The summed E-state index contributed by atoms with van der Waals surface area (Å²) in [4.78, 5) is 11.7. The molecule has 0 saturated carbocycles. The first-order valence-corrected chi connectivity index (χ1v) is 8.57. The van der Waals surface area contributed by atoms with Gasteiger partial charge in [-0.1, -0.05) is 44.2 Å². The first kappa shape index (κ1) is 20.5. The SMILES string of the molecule is CC(C)COC(=O)NCC(O)C(Cc1ccccc1)NC(C)(C)C. The van der Waals surface area contributed by atoms with Crippen LogP contribution < -0.4 is 10.6 Å². The number of amides is 1. The minimum Gasteiger partial charge on any atom is -0.449 e. The number of carbonyl (C=O) groups is 1. The molecule has 5 heteroatoms. The normalized spacial score (nSPS) is 14.3. The predicted molar refractivity (Wildman–Crippen MR) is 97.0 cm³/mol. The minimum atomic E-state index is -0.712. The molecule has 136 valence electrons. The van der Waals surface area contributed by atoms with Crippen molar-refractivity contribution in [2.75, 3.05) is 13.2 Å². The second kappa shape index (κ2) is 9.64. The molecule has 0 spiro atoms. The van der Waals surface area contributed by atoms with Gasteiger partial charge in [0.15, 0.2) is 0 Å². The van der Waals surface area contributed by atoms with Gasteiger partial charge in [-0.25, -0.2) is 4.79 Å². The molecular formula is C19H32N2O3. The third-order valence-corrected chi connectivity index (χ3v) is 3.38. The van der Waals surface area contributed by atoms with E-state index < -0.39 is 12.2 Å². The number of ether oxygens (including phenoxy) is 1. The zero-order valence-corrected chi connectivity index (χ0v) is 15.5. The molecule has 2 atom stereocenters. The molecule has 0 fully saturated rings. The summed E-state index contributed by atoms with van der Waals surface area (Å²) in [6.45, 7) is 10.6. The number of alkyl carbamates (subject to hydrolysis) is 1. The molecule has 0 aliphatic rings. The molecule has 0 heterocycles. The first-order chi connectivity index (χ1) is 11.2. The quantitative estimate of drug-likeness (QED) is 0.683. The fourth-order valence-electron chi connectivity index (χ4n) is 2.33. The first-order valence-electron chi connectivity index (χ1n) is 8.57. The van der Waals surface area contributed by atoms with Crippen LogP contribution >= 0.6 is 0 Å². The van der Waals surface area contributed by atoms with Crippen molar-refractivity contribution in [3.05, 3.63) is 35.9 Å². The smallest absolute Gasteiger partial charge is 0.407 e. The van der Waals surface area contributed by atoms with E-state index in [4.69, 9.17) is 4.74 Å². The van der Waals surface area contributed by atoms with Crippen molar-refractivity contribution in [1.82, 2.24) is 10.6 Å². The van der Waals surface area contributed by atoms with Crippen LogP contribution in [0.4, 0.5) is 4.79 Å². The third-order valence-electron chi connectivity index (χ3n) is 3.38. The molecule has 0 aromatic heterocycles. The number of benzene rings is 1. The van der Waals surface area contributed by atoms with Crippen LogP contribution in [0.2, 0.25) is 0 Å². The minimum absolute atomic E-state index is 0.140. The molecule has 0 bridgehead atoms. The molecule has 1 aromatic carbocycles. The monoisotopic (exact) mass is 336 g/mol. The molecule has 1 aromatic rings. The van der Waals surface area contributed by atoms with Crippen molar-refractivity contribution in [2.24, 2.45) is 5.92 Å². The fourth-order valence-corrected chi connectivity index (χ4v) is 2.33. The maximum absolute atomic E-state index is 11.7. The molecule has 0 aliphatic heterocycles. The second-order valence-corrected chi connectivity index (χ2v) is 7.63. The van der Waals surface area contributed by atoms with E-state index in [1.165, 1.54) is 0 Å². The fraction of sp³-hybridized carbons (Fsp3) is 0.632. The summed E-state index contributed by atoms with van der Waals surface area (Å²) in [6.07, 6.45) is -0.518. The lowest BCUT2D eigenvalue weighted by molar-refractivity contribution is 0.0976. The van der Waals surface area contributed by atoms with Crippen molar-refractivity contribution in [1.29, 1.82) is 0 Å². The van der Waals surface area contributed by atoms with E-state index >= 15 is 0 Å². The van der Waals surface area contributed by atoms with Crippen LogP contribution in [0.3, 0.4) is 0 Å². The molecule has 1 amide bonds. The van der Waals surface area contributed by atoms with Gasteiger partial charge >= 0.3 is 6.09 Å². The van der Waals surface area contributed by atoms with Gasteiger partial charge < -0.3 is 20.5 Å². The predicted octanol–water partition coefficient (Wildman–Crippen LogP) is 2.73. The molecule has 0 saturated heterocycles. The van der Waals surface area contributed by atoms with Gasteiger partial charge in [-0.05, 0) is 38.7 Å². The summed E-state index contributed by atoms with van der Waals surface area (Å²) in [7, 11) is 0. The second-order valence-electron chi connectivity index (χ2n) is 7.63. The van der Waals surface area contributed by atoms with Crippen LogP contribution in [0.15, 0.2) is 30.3 Å². The Morgan fingerprint density at radius 1 is 1.21 bits per heavy atom. The number of hydrogen-bond acceptors (Lipinski definition) is 4. The van der Waals surface area contributed by atoms with Crippen molar-refractivity contribution < 1.29 is 14.6 Å². The molecule has 1 rings (SSSR count). The lowest BCUT2D eigenvalue weighted by atomic mass is 9.97. The largest absolute Gasteiger partial charge is 0.449 e. The Labute approximate surface area is 145 Å². The van der Waals surface area contributed by atoms with E-state index in [9.17, 15) is 9.90 Å². The molecule has 5 nitrogen and oxygen atoms in total. The van der Waals surface area contributed by atoms with Gasteiger partial charge in [0.2, 0.25) is 0 Å². The maximum Gasteiger partial charge on any atom is 0.407 e. The van der Waals surface area contributed by atoms with Crippen molar-refractivity contribution >= 4 is 6.09 Å². The van der Waals surface area contributed by atoms with Crippen molar-refractivity contribution in [3.8, 4) is 0 Å². The van der Waals surface area contributed by atoms with Gasteiger partial charge in [0, 0.05) is 18.1 Å². The van der Waals surface area contributed by atoms with Crippen LogP contribution in [0.1, 0.15) is 40.2 Å². The number of carbonyl (C=O) groups excluding carboxylic acids is 1. The van der Waals surface area contributed by atoms with Gasteiger partial charge in [-0.15, -0.1) is 0 Å². The lowest BCUT2D eigenvalue weighted by Crippen LogP contribution is -2.53. The molecule has 0 radical (unpaired) electrons. The van der Waals surface area contributed by atoms with E-state index in [0.717, 1.165) is 5.56 Å². The van der Waals surface area contributed by atoms with Gasteiger partial charge in [0.05, 0.1) is 12.7 Å². The summed E-state index contributed by atoms with van der Waals surface area (Å²) in [5.74, 6) is 0.286. The molecule has 0 aliphatic carbocycles. The standard InChI is InChI=1S/C19H32N2O3/c1-14(2)13-24-18(23)20-12-17(22)16(21-19(3,4)5)11-15-9-7-6-8-10-15/h6-10,14,16-17,21-22H,11-13H2,1-5H3,(H,20,23). The number of rotatable bonds is 8. The Morgan fingerprint density at radius 3 is 2.38 bits per heavy atom. The van der Waals surface area contributed by atoms with Crippen LogP contribution in [0.5, 0.6) is 0 Å². The highest BCUT2D eigenvalue weighted by Crippen LogP contribution is 2.11. The Hall–Kier alpha value is -1.59. The Balaban J connectivity index is 2.60. The summed E-state index contributed by atoms with van der Waals surface area (Å²) in [5.41, 5.74) is 0.999. The van der Waals surface area contributed by atoms with E-state index in [0.29, 0.717) is 13.0 Å². The summed E-state index contributed by atoms with van der Waals surface area (Å²) in [5, 5.41) is 16.6. The summed E-state index contributed by atoms with van der Waals surface area (Å²) >= 11 is 0.